The van der Waals surface area contributed by atoms with E-state index in [1.165, 1.54) is 25.7 Å². The predicted molar refractivity (Wildman–Crippen MR) is 54.5 cm³/mol. The molecule has 0 bridgehead atoms. The van der Waals surface area contributed by atoms with Crippen molar-refractivity contribution in [3.8, 4) is 0 Å². The summed E-state index contributed by atoms with van der Waals surface area (Å²) in [7, 11) is 0. The Balaban J connectivity index is 2.24. The van der Waals surface area contributed by atoms with Crippen LogP contribution >= 0.6 is 0 Å². The largest absolute Gasteiger partial charge is 0.353 e. The van der Waals surface area contributed by atoms with Crippen molar-refractivity contribution in [1.29, 1.82) is 0 Å². The number of hydrogen-bond acceptors (Lipinski definition) is 1. The van der Waals surface area contributed by atoms with Crippen molar-refractivity contribution >= 4 is 5.91 Å². The second-order valence-corrected chi connectivity index (χ2v) is 5.29. The van der Waals surface area contributed by atoms with E-state index in [9.17, 15) is 4.79 Å². The van der Waals surface area contributed by atoms with E-state index in [1.807, 2.05) is 0 Å². The van der Waals surface area contributed by atoms with Crippen molar-refractivity contribution in [2.45, 2.75) is 58.9 Å². The smallest absolute Gasteiger partial charge is 0.220 e. The standard InChI is InChI=1S/C11H21NO/c1-11(2,3)8-10(13)12-9-6-4-5-7-9/h9H,4-8H2,1-3H3,(H,12,13). The van der Waals surface area contributed by atoms with Crippen LogP contribution in [0.15, 0.2) is 0 Å². The van der Waals surface area contributed by atoms with Crippen LogP contribution in [0.2, 0.25) is 0 Å². The van der Waals surface area contributed by atoms with E-state index in [1.54, 1.807) is 0 Å². The molecular weight excluding hydrogens is 162 g/mol. The normalized spacial score (nSPS) is 19.0. The van der Waals surface area contributed by atoms with Gasteiger partial charge in [0.1, 0.15) is 0 Å². The summed E-state index contributed by atoms with van der Waals surface area (Å²) in [5.74, 6) is 0.222. The molecule has 0 radical (unpaired) electrons. The molecular formula is C11H21NO. The Hall–Kier alpha value is -0.530. The number of carbonyl (C=O) groups excluding carboxylic acids is 1. The van der Waals surface area contributed by atoms with E-state index in [2.05, 4.69) is 26.1 Å². The molecule has 1 amide bonds. The Kier molecular flexibility index (Phi) is 3.34. The number of amides is 1. The quantitative estimate of drug-likeness (QED) is 0.700. The lowest BCUT2D eigenvalue weighted by Crippen LogP contribution is -2.34. The molecule has 1 rings (SSSR count). The van der Waals surface area contributed by atoms with E-state index in [4.69, 9.17) is 0 Å². The topological polar surface area (TPSA) is 29.1 Å². The minimum Gasteiger partial charge on any atom is -0.353 e. The van der Waals surface area contributed by atoms with Gasteiger partial charge in [-0.25, -0.2) is 0 Å². The van der Waals surface area contributed by atoms with Gasteiger partial charge in [-0.1, -0.05) is 33.6 Å². The minimum absolute atomic E-state index is 0.114. The van der Waals surface area contributed by atoms with Gasteiger partial charge in [-0.2, -0.15) is 0 Å². The molecule has 1 aliphatic rings. The average molecular weight is 183 g/mol. The van der Waals surface area contributed by atoms with Crippen LogP contribution in [-0.4, -0.2) is 11.9 Å². The summed E-state index contributed by atoms with van der Waals surface area (Å²) in [5, 5.41) is 3.10. The van der Waals surface area contributed by atoms with Gasteiger partial charge in [0.25, 0.3) is 0 Å². The second-order valence-electron chi connectivity index (χ2n) is 5.29. The third-order valence-electron chi connectivity index (χ3n) is 2.41. The molecule has 0 saturated heterocycles. The third kappa shape index (κ3) is 4.30. The van der Waals surface area contributed by atoms with Crippen LogP contribution in [0.25, 0.3) is 0 Å². The van der Waals surface area contributed by atoms with Crippen molar-refractivity contribution in [2.24, 2.45) is 5.41 Å². The summed E-state index contributed by atoms with van der Waals surface area (Å²) in [5.41, 5.74) is 0.114. The zero-order chi connectivity index (χ0) is 9.90. The van der Waals surface area contributed by atoms with E-state index in [0.717, 1.165) is 0 Å². The summed E-state index contributed by atoms with van der Waals surface area (Å²) in [6.45, 7) is 6.30. The van der Waals surface area contributed by atoms with Crippen molar-refractivity contribution in [2.75, 3.05) is 0 Å². The number of hydrogen-bond donors (Lipinski definition) is 1. The molecule has 2 nitrogen and oxygen atoms in total. The zero-order valence-corrected chi connectivity index (χ0v) is 9.02. The van der Waals surface area contributed by atoms with E-state index >= 15 is 0 Å². The van der Waals surface area contributed by atoms with Crippen LogP contribution in [0.3, 0.4) is 0 Å². The molecule has 0 aromatic heterocycles. The monoisotopic (exact) mass is 183 g/mol. The lowest BCUT2D eigenvalue weighted by atomic mass is 9.92. The van der Waals surface area contributed by atoms with Crippen LogP contribution in [0.1, 0.15) is 52.9 Å². The van der Waals surface area contributed by atoms with Crippen LogP contribution in [0, 0.1) is 5.41 Å². The van der Waals surface area contributed by atoms with Gasteiger partial charge in [-0.3, -0.25) is 4.79 Å². The average Bonchev–Trinajstić information content (AvgIpc) is 2.34. The lowest BCUT2D eigenvalue weighted by molar-refractivity contribution is -0.123. The molecule has 1 fully saturated rings. The highest BCUT2D eigenvalue weighted by atomic mass is 16.1. The molecule has 0 aromatic rings. The van der Waals surface area contributed by atoms with Gasteiger partial charge in [0.2, 0.25) is 5.91 Å². The maximum absolute atomic E-state index is 11.5. The maximum atomic E-state index is 11.5. The lowest BCUT2D eigenvalue weighted by Gasteiger charge is -2.19. The minimum atomic E-state index is 0.114. The van der Waals surface area contributed by atoms with Crippen molar-refractivity contribution in [1.82, 2.24) is 5.32 Å². The number of carbonyl (C=O) groups is 1. The molecule has 0 heterocycles. The van der Waals surface area contributed by atoms with Crippen LogP contribution in [-0.2, 0) is 4.79 Å². The van der Waals surface area contributed by atoms with E-state index in [0.29, 0.717) is 12.5 Å². The summed E-state index contributed by atoms with van der Waals surface area (Å²) in [4.78, 5) is 11.5. The highest BCUT2D eigenvalue weighted by Gasteiger charge is 2.20. The Labute approximate surface area is 81.1 Å². The molecule has 0 atom stereocenters. The molecule has 1 N–H and O–H groups in total. The molecule has 1 saturated carbocycles. The third-order valence-corrected chi connectivity index (χ3v) is 2.41. The maximum Gasteiger partial charge on any atom is 0.220 e. The molecule has 0 aromatic carbocycles. The van der Waals surface area contributed by atoms with Gasteiger partial charge < -0.3 is 5.32 Å². The van der Waals surface area contributed by atoms with Gasteiger partial charge in [0.15, 0.2) is 0 Å². The first-order chi connectivity index (χ1) is 5.97. The highest BCUT2D eigenvalue weighted by Crippen LogP contribution is 2.21. The molecule has 0 spiro atoms. The van der Waals surface area contributed by atoms with E-state index in [-0.39, 0.29) is 11.3 Å². The summed E-state index contributed by atoms with van der Waals surface area (Å²) < 4.78 is 0. The van der Waals surface area contributed by atoms with Crippen molar-refractivity contribution in [3.05, 3.63) is 0 Å². The van der Waals surface area contributed by atoms with E-state index < -0.39 is 0 Å². The molecule has 0 aliphatic heterocycles. The summed E-state index contributed by atoms with van der Waals surface area (Å²) in [6, 6.07) is 0.467. The Bertz CT molecular complexity index is 175. The van der Waals surface area contributed by atoms with Gasteiger partial charge in [-0.05, 0) is 18.3 Å². The molecule has 76 valence electrons. The zero-order valence-electron chi connectivity index (χ0n) is 9.02. The van der Waals surface area contributed by atoms with Crippen molar-refractivity contribution < 1.29 is 4.79 Å². The van der Waals surface area contributed by atoms with Crippen LogP contribution < -0.4 is 5.32 Å². The first kappa shape index (κ1) is 10.6. The van der Waals surface area contributed by atoms with Crippen LogP contribution in [0.4, 0.5) is 0 Å². The Morgan fingerprint density at radius 2 is 1.85 bits per heavy atom. The first-order valence-electron chi connectivity index (χ1n) is 5.27. The number of nitrogens with one attached hydrogen (secondary N) is 1. The van der Waals surface area contributed by atoms with Crippen LogP contribution in [0.5, 0.6) is 0 Å². The van der Waals surface area contributed by atoms with Gasteiger partial charge in [0.05, 0.1) is 0 Å². The Morgan fingerprint density at radius 3 is 2.31 bits per heavy atom. The molecule has 0 unspecified atom stereocenters. The first-order valence-corrected chi connectivity index (χ1v) is 5.27. The Morgan fingerprint density at radius 1 is 1.31 bits per heavy atom. The predicted octanol–water partition coefficient (Wildman–Crippen LogP) is 2.48. The summed E-state index contributed by atoms with van der Waals surface area (Å²) >= 11 is 0. The number of rotatable bonds is 2. The SMILES string of the molecule is CC(C)(C)CC(=O)NC1CCCC1. The molecule has 1 aliphatic carbocycles. The van der Waals surface area contributed by atoms with Crippen molar-refractivity contribution in [3.63, 3.8) is 0 Å². The van der Waals surface area contributed by atoms with Gasteiger partial charge >= 0.3 is 0 Å². The fourth-order valence-corrected chi connectivity index (χ4v) is 1.83. The van der Waals surface area contributed by atoms with Gasteiger partial charge in [0, 0.05) is 12.5 Å². The fourth-order valence-electron chi connectivity index (χ4n) is 1.83. The molecule has 13 heavy (non-hydrogen) atoms. The summed E-state index contributed by atoms with van der Waals surface area (Å²) in [6.07, 6.45) is 5.55. The fraction of sp³-hybridized carbons (Fsp3) is 0.909. The molecule has 2 heteroatoms. The second kappa shape index (κ2) is 4.12. The van der Waals surface area contributed by atoms with Gasteiger partial charge in [-0.15, -0.1) is 0 Å². The highest BCUT2D eigenvalue weighted by molar-refractivity contribution is 5.76.